The van der Waals surface area contributed by atoms with E-state index in [-0.39, 0.29) is 6.61 Å². The Labute approximate surface area is 99.7 Å². The number of ether oxygens (including phenoxy) is 1. The van der Waals surface area contributed by atoms with Crippen LogP contribution in [0.1, 0.15) is 0 Å². The monoisotopic (exact) mass is 233 g/mol. The molecule has 0 fully saturated rings. The van der Waals surface area contributed by atoms with Crippen LogP contribution in [-0.2, 0) is 11.3 Å². The Bertz CT molecular complexity index is 442. The van der Waals surface area contributed by atoms with Gasteiger partial charge in [-0.2, -0.15) is 0 Å². The molecule has 0 aliphatic carbocycles. The maximum absolute atomic E-state index is 8.60. The van der Waals surface area contributed by atoms with E-state index in [1.165, 1.54) is 0 Å². The standard InChI is InChI=1S/C12H15N3O2/c16-8-10-17-9-7-15-6-5-14-12(15)11-3-1-2-4-13-11/h1-6,16H,7-10H2. The second-order valence-electron chi connectivity index (χ2n) is 3.50. The van der Waals surface area contributed by atoms with Gasteiger partial charge < -0.3 is 14.4 Å². The van der Waals surface area contributed by atoms with Gasteiger partial charge in [0.15, 0.2) is 5.82 Å². The number of hydrogen-bond acceptors (Lipinski definition) is 4. The lowest BCUT2D eigenvalue weighted by atomic mass is 10.3. The molecule has 0 radical (unpaired) electrons. The third-order valence-corrected chi connectivity index (χ3v) is 2.32. The molecule has 0 aliphatic rings. The van der Waals surface area contributed by atoms with Crippen LogP contribution >= 0.6 is 0 Å². The summed E-state index contributed by atoms with van der Waals surface area (Å²) in [5, 5.41) is 8.60. The minimum absolute atomic E-state index is 0.0526. The van der Waals surface area contributed by atoms with Gasteiger partial charge in [0.05, 0.1) is 19.8 Å². The first-order chi connectivity index (χ1) is 8.42. The van der Waals surface area contributed by atoms with Gasteiger partial charge in [0.1, 0.15) is 5.69 Å². The second kappa shape index (κ2) is 6.12. The molecule has 0 saturated carbocycles. The van der Waals surface area contributed by atoms with Crippen molar-refractivity contribution in [3.8, 4) is 11.5 Å². The molecule has 2 aromatic heterocycles. The van der Waals surface area contributed by atoms with E-state index in [9.17, 15) is 0 Å². The SMILES string of the molecule is OCCOCCn1ccnc1-c1ccccn1. The van der Waals surface area contributed by atoms with Crippen molar-refractivity contribution < 1.29 is 9.84 Å². The van der Waals surface area contributed by atoms with Crippen molar-refractivity contribution in [3.05, 3.63) is 36.8 Å². The summed E-state index contributed by atoms with van der Waals surface area (Å²) >= 11 is 0. The second-order valence-corrected chi connectivity index (χ2v) is 3.50. The highest BCUT2D eigenvalue weighted by Crippen LogP contribution is 2.13. The molecule has 17 heavy (non-hydrogen) atoms. The zero-order chi connectivity index (χ0) is 11.9. The van der Waals surface area contributed by atoms with Crippen LogP contribution in [-0.4, -0.2) is 39.5 Å². The third-order valence-electron chi connectivity index (χ3n) is 2.32. The Morgan fingerprint density at radius 2 is 2.12 bits per heavy atom. The highest BCUT2D eigenvalue weighted by atomic mass is 16.5. The zero-order valence-electron chi connectivity index (χ0n) is 9.49. The molecule has 0 aliphatic heterocycles. The first-order valence-electron chi connectivity index (χ1n) is 5.53. The molecular weight excluding hydrogens is 218 g/mol. The van der Waals surface area contributed by atoms with Crippen molar-refractivity contribution in [3.63, 3.8) is 0 Å². The van der Waals surface area contributed by atoms with Gasteiger partial charge in [-0.3, -0.25) is 4.98 Å². The van der Waals surface area contributed by atoms with Gasteiger partial charge in [-0.05, 0) is 12.1 Å². The van der Waals surface area contributed by atoms with Crippen molar-refractivity contribution in [2.45, 2.75) is 6.54 Å². The normalized spacial score (nSPS) is 10.6. The molecule has 5 nitrogen and oxygen atoms in total. The number of aliphatic hydroxyl groups is 1. The number of hydrogen-bond donors (Lipinski definition) is 1. The highest BCUT2D eigenvalue weighted by Gasteiger charge is 2.05. The van der Waals surface area contributed by atoms with E-state index in [1.54, 1.807) is 12.4 Å². The Hall–Kier alpha value is -1.72. The lowest BCUT2D eigenvalue weighted by molar-refractivity contribution is 0.0872. The first-order valence-corrected chi connectivity index (χ1v) is 5.53. The molecular formula is C12H15N3O2. The molecule has 2 aromatic rings. The van der Waals surface area contributed by atoms with Crippen molar-refractivity contribution in [1.82, 2.24) is 14.5 Å². The molecule has 0 spiro atoms. The molecule has 0 bridgehead atoms. The molecule has 0 saturated heterocycles. The quantitative estimate of drug-likeness (QED) is 0.755. The number of aromatic nitrogens is 3. The Kier molecular flexibility index (Phi) is 4.23. The van der Waals surface area contributed by atoms with Crippen LogP contribution in [0.3, 0.4) is 0 Å². The van der Waals surface area contributed by atoms with Crippen LogP contribution in [0, 0.1) is 0 Å². The summed E-state index contributed by atoms with van der Waals surface area (Å²) in [6.07, 6.45) is 5.39. The molecule has 0 atom stereocenters. The van der Waals surface area contributed by atoms with Gasteiger partial charge in [-0.25, -0.2) is 4.98 Å². The van der Waals surface area contributed by atoms with E-state index in [2.05, 4.69) is 9.97 Å². The molecule has 1 N–H and O–H groups in total. The molecule has 0 aromatic carbocycles. The van der Waals surface area contributed by atoms with E-state index in [1.807, 2.05) is 29.0 Å². The predicted molar refractivity (Wildman–Crippen MR) is 63.4 cm³/mol. The van der Waals surface area contributed by atoms with Crippen LogP contribution in [0.4, 0.5) is 0 Å². The van der Waals surface area contributed by atoms with Crippen molar-refractivity contribution >= 4 is 0 Å². The molecule has 5 heteroatoms. The van der Waals surface area contributed by atoms with Gasteiger partial charge in [0.2, 0.25) is 0 Å². The van der Waals surface area contributed by atoms with E-state index >= 15 is 0 Å². The summed E-state index contributed by atoms with van der Waals surface area (Å²) in [7, 11) is 0. The van der Waals surface area contributed by atoms with E-state index in [4.69, 9.17) is 9.84 Å². The Morgan fingerprint density at radius 3 is 2.88 bits per heavy atom. The summed E-state index contributed by atoms with van der Waals surface area (Å²) in [5.74, 6) is 0.832. The van der Waals surface area contributed by atoms with Crippen molar-refractivity contribution in [2.75, 3.05) is 19.8 Å². The predicted octanol–water partition coefficient (Wildman–Crippen LogP) is 0.954. The highest BCUT2D eigenvalue weighted by molar-refractivity contribution is 5.48. The van der Waals surface area contributed by atoms with Crippen LogP contribution in [0.25, 0.3) is 11.5 Å². The third kappa shape index (κ3) is 3.12. The average molecular weight is 233 g/mol. The van der Waals surface area contributed by atoms with Crippen LogP contribution < -0.4 is 0 Å². The van der Waals surface area contributed by atoms with Crippen LogP contribution in [0.5, 0.6) is 0 Å². The summed E-state index contributed by atoms with van der Waals surface area (Å²) in [5.41, 5.74) is 0.847. The Morgan fingerprint density at radius 1 is 1.18 bits per heavy atom. The fourth-order valence-corrected chi connectivity index (χ4v) is 1.55. The number of rotatable bonds is 6. The minimum Gasteiger partial charge on any atom is -0.394 e. The van der Waals surface area contributed by atoms with Gasteiger partial charge in [-0.15, -0.1) is 0 Å². The number of pyridine rings is 1. The maximum Gasteiger partial charge on any atom is 0.158 e. The smallest absolute Gasteiger partial charge is 0.158 e. The van der Waals surface area contributed by atoms with Crippen molar-refractivity contribution in [1.29, 1.82) is 0 Å². The van der Waals surface area contributed by atoms with E-state index in [0.717, 1.165) is 11.5 Å². The van der Waals surface area contributed by atoms with Gasteiger partial charge >= 0.3 is 0 Å². The van der Waals surface area contributed by atoms with E-state index < -0.39 is 0 Å². The maximum atomic E-state index is 8.60. The topological polar surface area (TPSA) is 60.2 Å². The van der Waals surface area contributed by atoms with Crippen molar-refractivity contribution in [2.24, 2.45) is 0 Å². The fourth-order valence-electron chi connectivity index (χ4n) is 1.55. The lowest BCUT2D eigenvalue weighted by Gasteiger charge is -2.07. The zero-order valence-corrected chi connectivity index (χ0v) is 9.49. The summed E-state index contributed by atoms with van der Waals surface area (Å²) in [4.78, 5) is 8.54. The number of aliphatic hydroxyl groups excluding tert-OH is 1. The minimum atomic E-state index is 0.0526. The Balaban J connectivity index is 2.02. The van der Waals surface area contributed by atoms with Gasteiger partial charge in [-0.1, -0.05) is 6.07 Å². The molecule has 0 unspecified atom stereocenters. The van der Waals surface area contributed by atoms with Crippen LogP contribution in [0.2, 0.25) is 0 Å². The number of imidazole rings is 1. The number of nitrogens with zero attached hydrogens (tertiary/aromatic N) is 3. The molecule has 2 rings (SSSR count). The van der Waals surface area contributed by atoms with Crippen LogP contribution in [0.15, 0.2) is 36.8 Å². The fraction of sp³-hybridized carbons (Fsp3) is 0.333. The first kappa shape index (κ1) is 11.8. The molecule has 2 heterocycles. The molecule has 0 amide bonds. The summed E-state index contributed by atoms with van der Waals surface area (Å²) < 4.78 is 7.21. The lowest BCUT2D eigenvalue weighted by Crippen LogP contribution is -2.09. The van der Waals surface area contributed by atoms with Gasteiger partial charge in [0, 0.05) is 25.1 Å². The summed E-state index contributed by atoms with van der Waals surface area (Å²) in [6.45, 7) is 1.67. The van der Waals surface area contributed by atoms with Gasteiger partial charge in [0.25, 0.3) is 0 Å². The molecule has 90 valence electrons. The average Bonchev–Trinajstić information content (AvgIpc) is 2.84. The van der Waals surface area contributed by atoms with E-state index in [0.29, 0.717) is 19.8 Å². The summed E-state index contributed by atoms with van der Waals surface area (Å²) in [6, 6.07) is 5.73. The largest absolute Gasteiger partial charge is 0.394 e.